The van der Waals surface area contributed by atoms with Crippen molar-refractivity contribution in [1.29, 1.82) is 0 Å². The average Bonchev–Trinajstić information content (AvgIpc) is 1.21. The number of hydrogen-bond donors (Lipinski definition) is 3. The smallest absolute Gasteiger partial charge is 1.00 e. The van der Waals surface area contributed by atoms with Gasteiger partial charge in [0.15, 0.2) is 0 Å². The predicted molar refractivity (Wildman–Crippen MR) is 37.1 cm³/mol. The molecule has 0 fully saturated rings. The van der Waals surface area contributed by atoms with Crippen molar-refractivity contribution in [1.82, 2.24) is 0 Å². The first-order valence-corrected chi connectivity index (χ1v) is 2.93. The van der Waals surface area contributed by atoms with Crippen molar-refractivity contribution < 1.29 is 34.5 Å². The third-order valence-corrected chi connectivity index (χ3v) is 0.591. The van der Waals surface area contributed by atoms with Crippen molar-refractivity contribution in [3.05, 3.63) is 0 Å². The second kappa shape index (κ2) is 7.79. The summed E-state index contributed by atoms with van der Waals surface area (Å²) in [4.78, 5) is 24.7. The van der Waals surface area contributed by atoms with E-state index in [9.17, 15) is 9.36 Å². The Bertz CT molecular complexity index is 153. The summed E-state index contributed by atoms with van der Waals surface area (Å²) in [5.41, 5.74) is 0. The first-order chi connectivity index (χ1) is 3.42. The van der Waals surface area contributed by atoms with Crippen molar-refractivity contribution in [2.75, 3.05) is 0 Å². The van der Waals surface area contributed by atoms with Crippen LogP contribution in [0.15, 0.2) is 0 Å². The topological polar surface area (TPSA) is 104 Å². The van der Waals surface area contributed by atoms with Gasteiger partial charge >= 0.3 is 97.2 Å². The van der Waals surface area contributed by atoms with Gasteiger partial charge in [-0.1, -0.05) is 0 Å². The van der Waals surface area contributed by atoms with Gasteiger partial charge in [-0.2, -0.15) is 0 Å². The zero-order chi connectivity index (χ0) is 6.78. The van der Waals surface area contributed by atoms with Crippen molar-refractivity contribution in [3.63, 3.8) is 0 Å². The van der Waals surface area contributed by atoms with E-state index in [0.29, 0.717) is 0 Å². The predicted octanol–water partition coefficient (Wildman–Crippen LogP) is -0.538. The van der Waals surface area contributed by atoms with E-state index in [1.807, 2.05) is 0 Å². The molecule has 0 aromatic rings. The summed E-state index contributed by atoms with van der Waals surface area (Å²) >= 11 is 0. The second-order valence-corrected chi connectivity index (χ2v) is 2.01. The zero-order valence-corrected chi connectivity index (χ0v) is 11.5. The van der Waals surface area contributed by atoms with Crippen molar-refractivity contribution >= 4 is 97.2 Å². The van der Waals surface area contributed by atoms with Crippen LogP contribution in [0.25, 0.3) is 0 Å². The Balaban J connectivity index is -0.0000000163. The van der Waals surface area contributed by atoms with E-state index in [4.69, 9.17) is 14.9 Å². The molecule has 0 radical (unpaired) electrons. The van der Waals surface area contributed by atoms with Gasteiger partial charge < -0.3 is 15.3 Å². The first kappa shape index (κ1) is 18.0. The van der Waals surface area contributed by atoms with Crippen molar-refractivity contribution in [2.24, 2.45) is 0 Å². The van der Waals surface area contributed by atoms with E-state index in [1.54, 1.807) is 0 Å². The van der Waals surface area contributed by atoms with Crippen LogP contribution in [0.2, 0.25) is 0 Å². The number of hydrogen-bond acceptors (Lipinski definition) is 3. The number of phosphoric acid groups is 1. The second-order valence-electron chi connectivity index (χ2n) is 0.848. The molecule has 0 saturated carbocycles. The SMILES string of the molecule is O=C(O)OP(=O)(O)O.[Ca+2].[H-].[H-].[H-].[H-].[Sr+2]. The number of rotatable bonds is 1. The van der Waals surface area contributed by atoms with Gasteiger partial charge in [0.2, 0.25) is 0 Å². The third kappa shape index (κ3) is 16.6. The molecule has 0 aromatic carbocycles. The molecule has 0 saturated heterocycles. The maximum absolute atomic E-state index is 9.53. The summed E-state index contributed by atoms with van der Waals surface area (Å²) in [6.45, 7) is 0. The molecule has 10 heavy (non-hydrogen) atoms. The van der Waals surface area contributed by atoms with E-state index in [0.717, 1.165) is 0 Å². The van der Waals surface area contributed by atoms with Gasteiger partial charge in [-0.3, -0.25) is 9.79 Å². The number of carbonyl (C=O) groups is 1. The Hall–Kier alpha value is 2.16. The minimum Gasteiger partial charge on any atom is -1.00 e. The van der Waals surface area contributed by atoms with Crippen LogP contribution in [0.1, 0.15) is 5.71 Å². The van der Waals surface area contributed by atoms with Crippen LogP contribution >= 0.6 is 7.82 Å². The van der Waals surface area contributed by atoms with Crippen LogP contribution in [-0.2, 0) is 9.09 Å². The molecule has 9 heteroatoms. The molecule has 0 aliphatic carbocycles. The molecule has 0 bridgehead atoms. The van der Waals surface area contributed by atoms with Gasteiger partial charge in [0, 0.05) is 0 Å². The molecule has 3 N–H and O–H groups in total. The summed E-state index contributed by atoms with van der Waals surface area (Å²) in [5, 5.41) is 7.53. The maximum Gasteiger partial charge on any atom is 2.00 e. The standard InChI is InChI=1S/CH3O6P.Ca.Sr.4H/c2-1(3)7-8(4,5)6;;;;;;/h(H,2,3)(H2,4,5,6);;;;;;/q;2*+2;4*-1. The van der Waals surface area contributed by atoms with Gasteiger partial charge in [-0.15, -0.1) is 0 Å². The molecule has 0 spiro atoms. The molecule has 6 nitrogen and oxygen atoms in total. The van der Waals surface area contributed by atoms with Crippen LogP contribution in [0.5, 0.6) is 0 Å². The summed E-state index contributed by atoms with van der Waals surface area (Å²) < 4.78 is 12.6. The largest absolute Gasteiger partial charge is 2.00 e. The molecule has 0 unspecified atom stereocenters. The van der Waals surface area contributed by atoms with Gasteiger partial charge in [0.1, 0.15) is 0 Å². The van der Waals surface area contributed by atoms with Gasteiger partial charge in [0.25, 0.3) is 0 Å². The van der Waals surface area contributed by atoms with Crippen LogP contribution < -0.4 is 0 Å². The van der Waals surface area contributed by atoms with Gasteiger partial charge in [-0.05, 0) is 0 Å². The molecule has 0 heterocycles. The minimum atomic E-state index is -4.82. The van der Waals surface area contributed by atoms with Crippen LogP contribution in [0.4, 0.5) is 4.79 Å². The monoisotopic (exact) mass is 274 g/mol. The number of phosphoric ester groups is 1. The molecular formula is CH7CaO6PSr. The summed E-state index contributed by atoms with van der Waals surface area (Å²) in [5.74, 6) is 0. The fourth-order valence-electron chi connectivity index (χ4n) is 0.102. The maximum atomic E-state index is 9.53. The van der Waals surface area contributed by atoms with E-state index in [-0.39, 0.29) is 88.9 Å². The van der Waals surface area contributed by atoms with Crippen molar-refractivity contribution in [3.8, 4) is 0 Å². The Labute approximate surface area is 129 Å². The molecular weight excluding hydrogens is 267 g/mol. The van der Waals surface area contributed by atoms with Gasteiger partial charge in [0.05, 0.1) is 0 Å². The van der Waals surface area contributed by atoms with Crippen LogP contribution in [0, 0.1) is 0 Å². The first-order valence-electron chi connectivity index (χ1n) is 1.40. The van der Waals surface area contributed by atoms with Crippen LogP contribution in [-0.4, -0.2) is 104 Å². The molecule has 0 aromatic heterocycles. The van der Waals surface area contributed by atoms with E-state index in [2.05, 4.69) is 4.52 Å². The fourth-order valence-corrected chi connectivity index (χ4v) is 0.305. The molecule has 56 valence electrons. The van der Waals surface area contributed by atoms with E-state index < -0.39 is 14.0 Å². The normalized spacial score (nSPS) is 8.60. The van der Waals surface area contributed by atoms with Gasteiger partial charge in [-0.25, -0.2) is 9.36 Å². The Morgan fingerprint density at radius 1 is 1.50 bits per heavy atom. The zero-order valence-electron chi connectivity index (χ0n) is 8.93. The Morgan fingerprint density at radius 3 is 1.80 bits per heavy atom. The molecule has 0 aliphatic heterocycles. The Morgan fingerprint density at radius 2 is 1.80 bits per heavy atom. The van der Waals surface area contributed by atoms with Crippen LogP contribution in [0.3, 0.4) is 0 Å². The quantitative estimate of drug-likeness (QED) is 0.438. The molecule has 0 rings (SSSR count). The third-order valence-electron chi connectivity index (χ3n) is 0.197. The average molecular weight is 274 g/mol. The van der Waals surface area contributed by atoms with Crippen molar-refractivity contribution in [2.45, 2.75) is 0 Å². The molecule has 0 atom stereocenters. The molecule has 0 amide bonds. The summed E-state index contributed by atoms with van der Waals surface area (Å²) in [7, 11) is -4.82. The Kier molecular flexibility index (Phi) is 14.1. The van der Waals surface area contributed by atoms with E-state index in [1.165, 1.54) is 0 Å². The minimum absolute atomic E-state index is 0. The number of carboxylic acid groups (broad SMARTS) is 1. The fraction of sp³-hybridized carbons (Fsp3) is 0. The summed E-state index contributed by atoms with van der Waals surface area (Å²) in [6.07, 6.45) is -1.99. The van der Waals surface area contributed by atoms with E-state index >= 15 is 0 Å². The molecule has 0 aliphatic rings. The summed E-state index contributed by atoms with van der Waals surface area (Å²) in [6, 6.07) is 0.